The number of methoxy groups -OCH3 is 1. The molecule has 7 heteroatoms. The van der Waals surface area contributed by atoms with Crippen LogP contribution in [-0.2, 0) is 6.61 Å². The lowest BCUT2D eigenvalue weighted by atomic mass is 10.2. The summed E-state index contributed by atoms with van der Waals surface area (Å²) in [6.07, 6.45) is 1.37. The molecule has 106 valence electrons. The fraction of sp³-hybridized carbons (Fsp3) is 0.154. The molecule has 0 atom stereocenters. The Morgan fingerprint density at radius 1 is 1.25 bits per heavy atom. The van der Waals surface area contributed by atoms with Gasteiger partial charge in [-0.25, -0.2) is 9.37 Å². The molecule has 0 radical (unpaired) electrons. The molecule has 1 N–H and O–H groups in total. The quantitative estimate of drug-likeness (QED) is 0.832. The van der Waals surface area contributed by atoms with Crippen molar-refractivity contribution in [3.63, 3.8) is 0 Å². The maximum Gasteiger partial charge on any atom is 0.256 e. The predicted molar refractivity (Wildman–Crippen MR) is 78.6 cm³/mol. The first-order valence-corrected chi connectivity index (χ1v) is 7.10. The van der Waals surface area contributed by atoms with E-state index in [1.54, 1.807) is 19.2 Å². The van der Waals surface area contributed by atoms with Crippen LogP contribution < -0.4 is 9.47 Å². The molecular formula is C13H10Br2FNO3. The van der Waals surface area contributed by atoms with Crippen molar-refractivity contribution in [3.8, 4) is 17.4 Å². The Morgan fingerprint density at radius 3 is 2.55 bits per heavy atom. The highest BCUT2D eigenvalue weighted by Gasteiger charge is 2.14. The standard InChI is InChI=1S/C13H10Br2FNO3/c1-19-10-4-9(15)11(5-8(10)14)20-13-12(16)7(6-18)2-3-17-13/h2-5,18H,6H2,1H3. The van der Waals surface area contributed by atoms with Crippen LogP contribution in [0.15, 0.2) is 33.3 Å². The van der Waals surface area contributed by atoms with Gasteiger partial charge in [0.25, 0.3) is 5.88 Å². The van der Waals surface area contributed by atoms with Gasteiger partial charge < -0.3 is 14.6 Å². The van der Waals surface area contributed by atoms with Gasteiger partial charge in [0.15, 0.2) is 5.82 Å². The number of nitrogens with zero attached hydrogens (tertiary/aromatic N) is 1. The van der Waals surface area contributed by atoms with Crippen LogP contribution in [0.1, 0.15) is 5.56 Å². The van der Waals surface area contributed by atoms with Gasteiger partial charge >= 0.3 is 0 Å². The molecule has 2 rings (SSSR count). The molecule has 2 aromatic rings. The number of hydrogen-bond acceptors (Lipinski definition) is 4. The smallest absolute Gasteiger partial charge is 0.256 e. The summed E-state index contributed by atoms with van der Waals surface area (Å²) < 4.78 is 25.8. The number of aliphatic hydroxyl groups is 1. The van der Waals surface area contributed by atoms with Crippen molar-refractivity contribution in [2.24, 2.45) is 0 Å². The highest BCUT2D eigenvalue weighted by Crippen LogP contribution is 2.38. The van der Waals surface area contributed by atoms with Gasteiger partial charge in [-0.2, -0.15) is 0 Å². The number of rotatable bonds is 4. The number of pyridine rings is 1. The van der Waals surface area contributed by atoms with Crippen molar-refractivity contribution < 1.29 is 19.0 Å². The maximum atomic E-state index is 13.9. The molecule has 0 amide bonds. The Morgan fingerprint density at radius 2 is 1.90 bits per heavy atom. The molecule has 0 fully saturated rings. The van der Waals surface area contributed by atoms with Crippen LogP contribution in [0.3, 0.4) is 0 Å². The zero-order valence-electron chi connectivity index (χ0n) is 10.4. The summed E-state index contributed by atoms with van der Waals surface area (Å²) in [5, 5.41) is 9.02. The molecule has 1 aromatic heterocycles. The van der Waals surface area contributed by atoms with Crippen molar-refractivity contribution >= 4 is 31.9 Å². The van der Waals surface area contributed by atoms with Gasteiger partial charge in [0, 0.05) is 11.8 Å². The second kappa shape index (κ2) is 6.51. The molecule has 0 unspecified atom stereocenters. The zero-order chi connectivity index (χ0) is 14.7. The second-order valence-electron chi connectivity index (χ2n) is 3.77. The highest BCUT2D eigenvalue weighted by molar-refractivity contribution is 9.11. The molecular weight excluding hydrogens is 397 g/mol. The van der Waals surface area contributed by atoms with E-state index in [0.717, 1.165) is 0 Å². The van der Waals surface area contributed by atoms with Crippen molar-refractivity contribution in [2.75, 3.05) is 7.11 Å². The molecule has 1 aromatic carbocycles. The number of hydrogen-bond donors (Lipinski definition) is 1. The zero-order valence-corrected chi connectivity index (χ0v) is 13.5. The SMILES string of the molecule is COc1cc(Br)c(Oc2nccc(CO)c2F)cc1Br. The van der Waals surface area contributed by atoms with Gasteiger partial charge in [0.05, 0.1) is 22.7 Å². The molecule has 20 heavy (non-hydrogen) atoms. The lowest BCUT2D eigenvalue weighted by Gasteiger charge is -2.11. The predicted octanol–water partition coefficient (Wildman–Crippen LogP) is 4.04. The Labute approximate surface area is 131 Å². The van der Waals surface area contributed by atoms with Crippen LogP contribution in [0, 0.1) is 5.82 Å². The van der Waals surface area contributed by atoms with E-state index in [4.69, 9.17) is 14.6 Å². The molecule has 0 saturated carbocycles. The van der Waals surface area contributed by atoms with Crippen LogP contribution >= 0.6 is 31.9 Å². The first-order chi connectivity index (χ1) is 9.56. The fourth-order valence-electron chi connectivity index (χ4n) is 1.50. The minimum atomic E-state index is -0.686. The molecule has 0 aliphatic carbocycles. The normalized spacial score (nSPS) is 10.4. The Kier molecular flexibility index (Phi) is 4.95. The van der Waals surface area contributed by atoms with Crippen LogP contribution in [0.5, 0.6) is 17.4 Å². The first-order valence-electron chi connectivity index (χ1n) is 5.52. The molecule has 0 aliphatic rings. The minimum absolute atomic E-state index is 0.124. The third kappa shape index (κ3) is 3.11. The third-order valence-electron chi connectivity index (χ3n) is 2.52. The number of aromatic nitrogens is 1. The van der Waals surface area contributed by atoms with E-state index >= 15 is 0 Å². The van der Waals surface area contributed by atoms with Crippen LogP contribution in [0.4, 0.5) is 4.39 Å². The van der Waals surface area contributed by atoms with E-state index in [9.17, 15) is 4.39 Å². The summed E-state index contributed by atoms with van der Waals surface area (Å²) in [5.41, 5.74) is 0.124. The van der Waals surface area contributed by atoms with E-state index in [-0.39, 0.29) is 11.4 Å². The van der Waals surface area contributed by atoms with Gasteiger partial charge in [-0.15, -0.1) is 0 Å². The average molecular weight is 407 g/mol. The van der Waals surface area contributed by atoms with Gasteiger partial charge in [-0.1, -0.05) is 0 Å². The Balaban J connectivity index is 2.38. The highest BCUT2D eigenvalue weighted by atomic mass is 79.9. The second-order valence-corrected chi connectivity index (χ2v) is 5.48. The lowest BCUT2D eigenvalue weighted by Crippen LogP contribution is -1.98. The summed E-state index contributed by atoms with van der Waals surface area (Å²) in [7, 11) is 1.54. The number of ether oxygens (including phenoxy) is 2. The van der Waals surface area contributed by atoms with Crippen molar-refractivity contribution in [1.82, 2.24) is 4.98 Å². The van der Waals surface area contributed by atoms with Gasteiger partial charge in [-0.3, -0.25) is 0 Å². The molecule has 0 spiro atoms. The Bertz CT molecular complexity index is 637. The summed E-state index contributed by atoms with van der Waals surface area (Å²) in [6, 6.07) is 4.71. The van der Waals surface area contributed by atoms with E-state index < -0.39 is 12.4 Å². The first kappa shape index (κ1) is 15.2. The maximum absolute atomic E-state index is 13.9. The van der Waals surface area contributed by atoms with Gasteiger partial charge in [0.1, 0.15) is 11.5 Å². The summed E-state index contributed by atoms with van der Waals surface area (Å²) >= 11 is 6.64. The van der Waals surface area contributed by atoms with E-state index in [1.165, 1.54) is 12.3 Å². The lowest BCUT2D eigenvalue weighted by molar-refractivity contribution is 0.273. The Hall–Kier alpha value is -1.18. The van der Waals surface area contributed by atoms with E-state index in [1.807, 2.05) is 0 Å². The van der Waals surface area contributed by atoms with E-state index in [2.05, 4.69) is 36.8 Å². The molecule has 0 aliphatic heterocycles. The van der Waals surface area contributed by atoms with Crippen molar-refractivity contribution in [2.45, 2.75) is 6.61 Å². The minimum Gasteiger partial charge on any atom is -0.496 e. The largest absolute Gasteiger partial charge is 0.496 e. The van der Waals surface area contributed by atoms with Crippen LogP contribution in [0.2, 0.25) is 0 Å². The number of aliphatic hydroxyl groups excluding tert-OH is 1. The van der Waals surface area contributed by atoms with E-state index in [0.29, 0.717) is 20.4 Å². The molecule has 1 heterocycles. The molecule has 0 saturated heterocycles. The van der Waals surface area contributed by atoms with Gasteiger partial charge in [-0.05, 0) is 50.1 Å². The summed E-state index contributed by atoms with van der Waals surface area (Å²) in [6.45, 7) is -0.418. The van der Waals surface area contributed by atoms with Gasteiger partial charge in [0.2, 0.25) is 0 Å². The summed E-state index contributed by atoms with van der Waals surface area (Å²) in [5.74, 6) is 0.101. The average Bonchev–Trinajstić information content (AvgIpc) is 2.44. The molecule has 4 nitrogen and oxygen atoms in total. The number of benzene rings is 1. The monoisotopic (exact) mass is 405 g/mol. The third-order valence-corrected chi connectivity index (χ3v) is 3.76. The molecule has 0 bridgehead atoms. The fourth-order valence-corrected chi connectivity index (χ4v) is 2.39. The van der Waals surface area contributed by atoms with Crippen LogP contribution in [0.25, 0.3) is 0 Å². The number of halogens is 3. The summed E-state index contributed by atoms with van der Waals surface area (Å²) in [4.78, 5) is 3.82. The van der Waals surface area contributed by atoms with Crippen LogP contribution in [-0.4, -0.2) is 17.2 Å². The van der Waals surface area contributed by atoms with Crippen molar-refractivity contribution in [3.05, 3.63) is 44.7 Å². The topological polar surface area (TPSA) is 51.6 Å². The van der Waals surface area contributed by atoms with Crippen molar-refractivity contribution in [1.29, 1.82) is 0 Å².